The Morgan fingerprint density at radius 1 is 1.30 bits per heavy atom. The fourth-order valence-corrected chi connectivity index (χ4v) is 5.29. The molecule has 0 aromatic carbocycles. The minimum atomic E-state index is -0.153. The van der Waals surface area contributed by atoms with Gasteiger partial charge in [-0.05, 0) is 61.7 Å². The Morgan fingerprint density at radius 3 is 2.40 bits per heavy atom. The molecule has 4 aliphatic rings. The van der Waals surface area contributed by atoms with Crippen LogP contribution in [0.2, 0.25) is 0 Å². The van der Waals surface area contributed by atoms with Crippen LogP contribution in [0.15, 0.2) is 10.7 Å². The van der Waals surface area contributed by atoms with Crippen LogP contribution in [-0.2, 0) is 0 Å². The molecule has 5 heteroatoms. The summed E-state index contributed by atoms with van der Waals surface area (Å²) in [5, 5.41) is 6.62. The lowest BCUT2D eigenvalue weighted by molar-refractivity contribution is -0.0503. The van der Waals surface area contributed by atoms with Crippen LogP contribution >= 0.6 is 0 Å². The summed E-state index contributed by atoms with van der Waals surface area (Å²) in [5.74, 6) is 2.66. The average Bonchev–Trinajstić information content (AvgIpc) is 2.81. The second-order valence-electron chi connectivity index (χ2n) is 7.20. The van der Waals surface area contributed by atoms with Gasteiger partial charge in [0.15, 0.2) is 0 Å². The van der Waals surface area contributed by atoms with Crippen molar-refractivity contribution in [1.82, 2.24) is 10.5 Å². The maximum Gasteiger partial charge on any atom is 0.258 e. The van der Waals surface area contributed by atoms with Crippen molar-refractivity contribution < 1.29 is 9.32 Å². The van der Waals surface area contributed by atoms with Crippen molar-refractivity contribution in [3.63, 3.8) is 0 Å². The molecule has 4 saturated carbocycles. The van der Waals surface area contributed by atoms with Gasteiger partial charge >= 0.3 is 0 Å². The number of carbonyl (C=O) groups is 1. The number of nitrogens with zero attached hydrogens (tertiary/aromatic N) is 1. The Bertz CT molecular complexity index is 502. The average molecular weight is 275 g/mol. The lowest BCUT2D eigenvalue weighted by Crippen LogP contribution is -2.51. The zero-order valence-corrected chi connectivity index (χ0v) is 11.6. The molecule has 108 valence electrons. The Morgan fingerprint density at radius 2 is 1.90 bits per heavy atom. The third-order valence-electron chi connectivity index (χ3n) is 5.63. The highest BCUT2D eigenvalue weighted by molar-refractivity contribution is 5.97. The molecule has 1 aromatic rings. The van der Waals surface area contributed by atoms with Crippen molar-refractivity contribution in [2.75, 3.05) is 12.3 Å². The molecule has 20 heavy (non-hydrogen) atoms. The molecule has 4 aliphatic carbocycles. The maximum atomic E-state index is 12.1. The van der Waals surface area contributed by atoms with Crippen molar-refractivity contribution >= 4 is 11.8 Å². The van der Waals surface area contributed by atoms with Crippen molar-refractivity contribution in [2.24, 2.45) is 23.2 Å². The first kappa shape index (κ1) is 12.2. The van der Waals surface area contributed by atoms with Gasteiger partial charge in [0.1, 0.15) is 5.56 Å². The highest BCUT2D eigenvalue weighted by atomic mass is 16.5. The molecule has 4 fully saturated rings. The molecule has 3 N–H and O–H groups in total. The van der Waals surface area contributed by atoms with Crippen LogP contribution in [-0.4, -0.2) is 17.6 Å². The number of nitrogens with one attached hydrogen (secondary N) is 1. The molecular weight excluding hydrogens is 254 g/mol. The first-order valence-electron chi connectivity index (χ1n) is 7.62. The standard InChI is InChI=1S/C15H21N3O2/c16-13-12(7-18-20-13)14(19)17-8-15-4-9-1-10(5-15)3-11(2-9)6-15/h7,9-11H,1-6,8,16H2,(H,17,19). The summed E-state index contributed by atoms with van der Waals surface area (Å²) < 4.78 is 4.75. The Hall–Kier alpha value is -1.52. The van der Waals surface area contributed by atoms with E-state index in [1.165, 1.54) is 44.7 Å². The topological polar surface area (TPSA) is 81.2 Å². The first-order valence-corrected chi connectivity index (χ1v) is 7.62. The molecule has 0 radical (unpaired) electrons. The van der Waals surface area contributed by atoms with Gasteiger partial charge in [-0.1, -0.05) is 5.16 Å². The van der Waals surface area contributed by atoms with Crippen molar-refractivity contribution in [3.05, 3.63) is 11.8 Å². The smallest absolute Gasteiger partial charge is 0.258 e. The molecule has 1 amide bonds. The predicted octanol–water partition coefficient (Wildman–Crippen LogP) is 2.20. The van der Waals surface area contributed by atoms with E-state index >= 15 is 0 Å². The van der Waals surface area contributed by atoms with E-state index in [4.69, 9.17) is 10.3 Å². The highest BCUT2D eigenvalue weighted by Crippen LogP contribution is 2.59. The fourth-order valence-electron chi connectivity index (χ4n) is 5.29. The van der Waals surface area contributed by atoms with E-state index in [1.54, 1.807) is 0 Å². The Kier molecular flexibility index (Phi) is 2.59. The van der Waals surface area contributed by atoms with E-state index in [0.717, 1.165) is 24.3 Å². The maximum absolute atomic E-state index is 12.1. The molecule has 0 atom stereocenters. The highest BCUT2D eigenvalue weighted by Gasteiger charge is 2.50. The van der Waals surface area contributed by atoms with Gasteiger partial charge in [-0.25, -0.2) is 0 Å². The third-order valence-corrected chi connectivity index (χ3v) is 5.63. The SMILES string of the molecule is Nc1oncc1C(=O)NCC12CC3CC(CC(C3)C1)C2. The van der Waals surface area contributed by atoms with Crippen LogP contribution < -0.4 is 11.1 Å². The van der Waals surface area contributed by atoms with E-state index < -0.39 is 0 Å². The van der Waals surface area contributed by atoms with Crippen LogP contribution in [0.3, 0.4) is 0 Å². The van der Waals surface area contributed by atoms with E-state index in [2.05, 4.69) is 10.5 Å². The Balaban J connectivity index is 1.45. The molecular formula is C15H21N3O2. The largest absolute Gasteiger partial charge is 0.367 e. The van der Waals surface area contributed by atoms with Crippen molar-refractivity contribution in [2.45, 2.75) is 38.5 Å². The fraction of sp³-hybridized carbons (Fsp3) is 0.733. The number of hydrogen-bond donors (Lipinski definition) is 2. The van der Waals surface area contributed by atoms with Crippen molar-refractivity contribution in [3.8, 4) is 0 Å². The normalized spacial score (nSPS) is 38.1. The predicted molar refractivity (Wildman–Crippen MR) is 73.9 cm³/mol. The van der Waals surface area contributed by atoms with E-state index in [0.29, 0.717) is 11.0 Å². The van der Waals surface area contributed by atoms with Crippen LogP contribution in [0.5, 0.6) is 0 Å². The summed E-state index contributed by atoms with van der Waals surface area (Å²) in [5.41, 5.74) is 6.29. The summed E-state index contributed by atoms with van der Waals surface area (Å²) >= 11 is 0. The zero-order chi connectivity index (χ0) is 13.7. The summed E-state index contributed by atoms with van der Waals surface area (Å²) in [6.45, 7) is 0.778. The molecule has 5 nitrogen and oxygen atoms in total. The molecule has 1 heterocycles. The molecule has 0 aliphatic heterocycles. The quantitative estimate of drug-likeness (QED) is 0.886. The molecule has 4 bridgehead atoms. The minimum Gasteiger partial charge on any atom is -0.367 e. The second-order valence-corrected chi connectivity index (χ2v) is 7.20. The molecule has 1 aromatic heterocycles. The number of nitrogen functional groups attached to an aromatic ring is 1. The lowest BCUT2D eigenvalue weighted by atomic mass is 9.49. The van der Waals surface area contributed by atoms with Crippen LogP contribution in [0.1, 0.15) is 48.9 Å². The van der Waals surface area contributed by atoms with Gasteiger partial charge in [-0.2, -0.15) is 0 Å². The van der Waals surface area contributed by atoms with Gasteiger partial charge < -0.3 is 15.6 Å². The van der Waals surface area contributed by atoms with Crippen LogP contribution in [0.25, 0.3) is 0 Å². The van der Waals surface area contributed by atoms with Gasteiger partial charge in [0.2, 0.25) is 5.88 Å². The molecule has 0 unspecified atom stereocenters. The van der Waals surface area contributed by atoms with Crippen LogP contribution in [0, 0.1) is 23.2 Å². The number of amides is 1. The van der Waals surface area contributed by atoms with Gasteiger partial charge in [-0.15, -0.1) is 0 Å². The molecule has 0 spiro atoms. The number of hydrogen-bond acceptors (Lipinski definition) is 4. The summed E-state index contributed by atoms with van der Waals surface area (Å²) in [6, 6.07) is 0. The van der Waals surface area contributed by atoms with E-state index in [-0.39, 0.29) is 11.8 Å². The summed E-state index contributed by atoms with van der Waals surface area (Å²) in [7, 11) is 0. The molecule has 5 rings (SSSR count). The lowest BCUT2D eigenvalue weighted by Gasteiger charge is -2.56. The minimum absolute atomic E-state index is 0.105. The number of carbonyl (C=O) groups excluding carboxylic acids is 1. The van der Waals surface area contributed by atoms with E-state index in [1.807, 2.05) is 0 Å². The first-order chi connectivity index (χ1) is 9.63. The molecule has 0 saturated heterocycles. The third kappa shape index (κ3) is 1.91. The number of nitrogens with two attached hydrogens (primary N) is 1. The van der Waals surface area contributed by atoms with E-state index in [9.17, 15) is 4.79 Å². The summed E-state index contributed by atoms with van der Waals surface area (Å²) in [4.78, 5) is 12.1. The number of anilines is 1. The van der Waals surface area contributed by atoms with Gasteiger partial charge in [0.25, 0.3) is 5.91 Å². The zero-order valence-electron chi connectivity index (χ0n) is 11.6. The second kappa shape index (κ2) is 4.24. The number of rotatable bonds is 3. The van der Waals surface area contributed by atoms with Gasteiger partial charge in [-0.3, -0.25) is 4.79 Å². The summed E-state index contributed by atoms with van der Waals surface area (Å²) in [6.07, 6.45) is 9.53. The van der Waals surface area contributed by atoms with Gasteiger partial charge in [0, 0.05) is 6.54 Å². The van der Waals surface area contributed by atoms with Gasteiger partial charge in [0.05, 0.1) is 6.20 Å². The monoisotopic (exact) mass is 275 g/mol. The Labute approximate surface area is 118 Å². The number of aromatic nitrogens is 1. The van der Waals surface area contributed by atoms with Crippen LogP contribution in [0.4, 0.5) is 5.88 Å². The van der Waals surface area contributed by atoms with Crippen molar-refractivity contribution in [1.29, 1.82) is 0 Å².